The zero-order valence-corrected chi connectivity index (χ0v) is 13.3. The summed E-state index contributed by atoms with van der Waals surface area (Å²) in [5, 5.41) is -0.631. The van der Waals surface area contributed by atoms with Gasteiger partial charge in [0, 0.05) is 11.7 Å². The molecule has 0 N–H and O–H groups in total. The zero-order valence-electron chi connectivity index (χ0n) is 12.6. The molecule has 0 spiro atoms. The van der Waals surface area contributed by atoms with Crippen molar-refractivity contribution in [1.29, 1.82) is 0 Å². The van der Waals surface area contributed by atoms with Gasteiger partial charge in [0.2, 0.25) is 5.43 Å². The van der Waals surface area contributed by atoms with Crippen LogP contribution in [0.4, 0.5) is 8.78 Å². The number of benzene rings is 1. The summed E-state index contributed by atoms with van der Waals surface area (Å²) in [4.78, 5) is 24.5. The lowest BCUT2D eigenvalue weighted by Crippen LogP contribution is -2.25. The Morgan fingerprint density at radius 2 is 2.04 bits per heavy atom. The standard InChI is InChI=1S/C16H14ClF2NO3/c1-3-23-15(22)9-7-20(16(2)4-5-16)13-8(14(9)21)6-10(17)11(18)12(13)19/h6-7H,3-5H2,1-2H3. The topological polar surface area (TPSA) is 48.3 Å². The van der Waals surface area contributed by atoms with Crippen molar-refractivity contribution in [3.05, 3.63) is 44.7 Å². The summed E-state index contributed by atoms with van der Waals surface area (Å²) in [6, 6.07) is 1.06. The fourth-order valence-electron chi connectivity index (χ4n) is 2.59. The summed E-state index contributed by atoms with van der Waals surface area (Å²) >= 11 is 5.66. The highest BCUT2D eigenvalue weighted by Crippen LogP contribution is 2.45. The van der Waals surface area contributed by atoms with Crippen LogP contribution in [-0.4, -0.2) is 17.1 Å². The molecule has 1 aliphatic carbocycles. The lowest BCUT2D eigenvalue weighted by Gasteiger charge is -2.20. The van der Waals surface area contributed by atoms with Gasteiger partial charge in [-0.25, -0.2) is 13.6 Å². The molecule has 1 heterocycles. The molecule has 1 fully saturated rings. The molecule has 1 aromatic carbocycles. The van der Waals surface area contributed by atoms with Crippen LogP contribution < -0.4 is 5.43 Å². The second kappa shape index (κ2) is 5.30. The molecule has 0 aliphatic heterocycles. The molecule has 122 valence electrons. The molecule has 1 aromatic heterocycles. The Hall–Kier alpha value is -1.95. The molecule has 0 atom stereocenters. The first-order valence-electron chi connectivity index (χ1n) is 7.20. The highest BCUT2D eigenvalue weighted by Gasteiger charge is 2.41. The highest BCUT2D eigenvalue weighted by molar-refractivity contribution is 6.31. The SMILES string of the molecule is CCOC(=O)c1cn(C2(C)CC2)c2c(F)c(F)c(Cl)cc2c1=O. The Labute approximate surface area is 135 Å². The molecule has 0 bridgehead atoms. The predicted molar refractivity (Wildman–Crippen MR) is 82.0 cm³/mol. The van der Waals surface area contributed by atoms with E-state index in [2.05, 4.69) is 0 Å². The van der Waals surface area contributed by atoms with Crippen molar-refractivity contribution >= 4 is 28.5 Å². The summed E-state index contributed by atoms with van der Waals surface area (Å²) in [6.07, 6.45) is 2.72. The van der Waals surface area contributed by atoms with E-state index in [1.54, 1.807) is 6.92 Å². The van der Waals surface area contributed by atoms with Gasteiger partial charge in [-0.3, -0.25) is 4.79 Å². The maximum Gasteiger partial charge on any atom is 0.343 e. The number of hydrogen-bond donors (Lipinski definition) is 0. The molecule has 0 amide bonds. The number of aromatic nitrogens is 1. The lowest BCUT2D eigenvalue weighted by atomic mass is 10.1. The number of pyridine rings is 1. The Balaban J connectivity index is 2.43. The molecule has 7 heteroatoms. The van der Waals surface area contributed by atoms with Crippen LogP contribution in [0, 0.1) is 11.6 Å². The molecule has 2 aromatic rings. The summed E-state index contributed by atoms with van der Waals surface area (Å²) in [5.41, 5.74) is -1.58. The number of carbonyl (C=O) groups is 1. The van der Waals surface area contributed by atoms with Gasteiger partial charge in [0.15, 0.2) is 11.6 Å². The second-order valence-electron chi connectivity index (χ2n) is 5.84. The van der Waals surface area contributed by atoms with Gasteiger partial charge in [-0.2, -0.15) is 0 Å². The number of nitrogens with zero attached hydrogens (tertiary/aromatic N) is 1. The number of hydrogen-bond acceptors (Lipinski definition) is 3. The molecular weight excluding hydrogens is 328 g/mol. The van der Waals surface area contributed by atoms with Gasteiger partial charge in [0.25, 0.3) is 0 Å². The third kappa shape index (κ3) is 2.41. The molecule has 1 aliphatic rings. The van der Waals surface area contributed by atoms with Crippen LogP contribution in [0.5, 0.6) is 0 Å². The van der Waals surface area contributed by atoms with Gasteiger partial charge in [0.1, 0.15) is 5.56 Å². The molecule has 0 saturated heterocycles. The first-order valence-corrected chi connectivity index (χ1v) is 7.58. The average Bonchev–Trinajstić information content (AvgIpc) is 3.25. The van der Waals surface area contributed by atoms with Crippen LogP contribution in [0.2, 0.25) is 5.02 Å². The predicted octanol–water partition coefficient (Wildman–Crippen LogP) is 3.62. The fourth-order valence-corrected chi connectivity index (χ4v) is 2.79. The van der Waals surface area contributed by atoms with Gasteiger partial charge >= 0.3 is 5.97 Å². The number of ether oxygens (including phenoxy) is 1. The van der Waals surface area contributed by atoms with Crippen molar-refractivity contribution in [2.75, 3.05) is 6.61 Å². The van der Waals surface area contributed by atoms with E-state index in [1.165, 1.54) is 10.8 Å². The number of halogens is 3. The van der Waals surface area contributed by atoms with E-state index in [-0.39, 0.29) is 23.1 Å². The van der Waals surface area contributed by atoms with E-state index in [4.69, 9.17) is 16.3 Å². The minimum absolute atomic E-state index is 0.103. The number of fused-ring (bicyclic) bond motifs is 1. The first kappa shape index (κ1) is 15.9. The van der Waals surface area contributed by atoms with Crippen molar-refractivity contribution in [1.82, 2.24) is 4.57 Å². The number of carbonyl (C=O) groups excluding carboxylic acids is 1. The van der Waals surface area contributed by atoms with E-state index in [9.17, 15) is 18.4 Å². The van der Waals surface area contributed by atoms with E-state index in [0.717, 1.165) is 18.9 Å². The second-order valence-corrected chi connectivity index (χ2v) is 6.25. The van der Waals surface area contributed by atoms with Crippen LogP contribution in [0.15, 0.2) is 17.1 Å². The zero-order chi connectivity index (χ0) is 16.9. The van der Waals surface area contributed by atoms with E-state index >= 15 is 0 Å². The number of esters is 1. The summed E-state index contributed by atoms with van der Waals surface area (Å²) in [7, 11) is 0. The maximum absolute atomic E-state index is 14.4. The normalized spacial score (nSPS) is 15.7. The molecule has 1 saturated carbocycles. The van der Waals surface area contributed by atoms with E-state index in [1.807, 2.05) is 6.92 Å². The summed E-state index contributed by atoms with van der Waals surface area (Å²) in [5.74, 6) is -3.19. The minimum atomic E-state index is -1.21. The van der Waals surface area contributed by atoms with Gasteiger partial charge in [-0.05, 0) is 32.8 Å². The highest BCUT2D eigenvalue weighted by atomic mass is 35.5. The third-order valence-electron chi connectivity index (χ3n) is 4.18. The minimum Gasteiger partial charge on any atom is -0.462 e. The summed E-state index contributed by atoms with van der Waals surface area (Å²) in [6.45, 7) is 3.56. The van der Waals surface area contributed by atoms with Crippen LogP contribution in [0.1, 0.15) is 37.0 Å². The van der Waals surface area contributed by atoms with Gasteiger partial charge < -0.3 is 9.30 Å². The van der Waals surface area contributed by atoms with Gasteiger partial charge in [-0.1, -0.05) is 11.6 Å². The van der Waals surface area contributed by atoms with Crippen molar-refractivity contribution in [3.8, 4) is 0 Å². The fraction of sp³-hybridized carbons (Fsp3) is 0.375. The van der Waals surface area contributed by atoms with Crippen molar-refractivity contribution < 1.29 is 18.3 Å². The molecule has 3 rings (SSSR count). The monoisotopic (exact) mass is 341 g/mol. The first-order chi connectivity index (χ1) is 10.8. The molecule has 4 nitrogen and oxygen atoms in total. The third-order valence-corrected chi connectivity index (χ3v) is 4.45. The molecular formula is C16H14ClF2NO3. The van der Waals surface area contributed by atoms with Crippen LogP contribution in [-0.2, 0) is 10.3 Å². The molecule has 0 unspecified atom stereocenters. The van der Waals surface area contributed by atoms with Crippen LogP contribution >= 0.6 is 11.6 Å². The largest absolute Gasteiger partial charge is 0.462 e. The maximum atomic E-state index is 14.4. The Morgan fingerprint density at radius 3 is 2.61 bits per heavy atom. The van der Waals surface area contributed by atoms with Crippen molar-refractivity contribution in [3.63, 3.8) is 0 Å². The Kier molecular flexibility index (Phi) is 3.67. The van der Waals surface area contributed by atoms with Gasteiger partial charge in [0.05, 0.1) is 22.5 Å². The summed E-state index contributed by atoms with van der Waals surface area (Å²) < 4.78 is 34.6. The van der Waals surface area contributed by atoms with E-state index in [0.29, 0.717) is 0 Å². The lowest BCUT2D eigenvalue weighted by molar-refractivity contribution is 0.0524. The quantitative estimate of drug-likeness (QED) is 0.633. The Morgan fingerprint density at radius 1 is 1.39 bits per heavy atom. The van der Waals surface area contributed by atoms with Gasteiger partial charge in [-0.15, -0.1) is 0 Å². The van der Waals surface area contributed by atoms with Crippen molar-refractivity contribution in [2.24, 2.45) is 0 Å². The molecule has 0 radical (unpaired) electrons. The van der Waals surface area contributed by atoms with Crippen LogP contribution in [0.25, 0.3) is 10.9 Å². The number of rotatable bonds is 3. The average molecular weight is 342 g/mol. The molecule has 23 heavy (non-hydrogen) atoms. The van der Waals surface area contributed by atoms with Crippen molar-refractivity contribution in [2.45, 2.75) is 32.2 Å². The van der Waals surface area contributed by atoms with Crippen LogP contribution in [0.3, 0.4) is 0 Å². The smallest absolute Gasteiger partial charge is 0.343 e. The van der Waals surface area contributed by atoms with E-state index < -0.39 is 33.6 Å². The Bertz CT molecular complexity index is 887.